The molecule has 5 nitrogen and oxygen atoms in total. The standard InChI is InChI=1S/C16H17ClFN3O2/c1-10-19-15(23-21-10)16(7-3-2-4-8-16)20-14(22)11-5-6-13(18)12(17)9-11/h5-6,9H,2-4,7-8H2,1H3,(H,20,22). The number of carbonyl (C=O) groups excluding carboxylic acids is 1. The highest BCUT2D eigenvalue weighted by Gasteiger charge is 2.40. The summed E-state index contributed by atoms with van der Waals surface area (Å²) in [6.45, 7) is 1.74. The zero-order valence-corrected chi connectivity index (χ0v) is 13.5. The van der Waals surface area contributed by atoms with Crippen LogP contribution in [0.5, 0.6) is 0 Å². The van der Waals surface area contributed by atoms with Crippen molar-refractivity contribution in [2.24, 2.45) is 0 Å². The van der Waals surface area contributed by atoms with Crippen molar-refractivity contribution >= 4 is 17.5 Å². The van der Waals surface area contributed by atoms with E-state index >= 15 is 0 Å². The van der Waals surface area contributed by atoms with Gasteiger partial charge in [0.2, 0.25) is 0 Å². The van der Waals surface area contributed by atoms with Crippen LogP contribution in [0.15, 0.2) is 22.7 Å². The van der Waals surface area contributed by atoms with Crippen molar-refractivity contribution in [2.45, 2.75) is 44.6 Å². The van der Waals surface area contributed by atoms with E-state index in [1.54, 1.807) is 6.92 Å². The summed E-state index contributed by atoms with van der Waals surface area (Å²) in [7, 11) is 0. The van der Waals surface area contributed by atoms with Crippen molar-refractivity contribution in [3.8, 4) is 0 Å². The molecule has 1 aromatic heterocycles. The fraction of sp³-hybridized carbons (Fsp3) is 0.438. The van der Waals surface area contributed by atoms with E-state index in [2.05, 4.69) is 15.5 Å². The maximum Gasteiger partial charge on any atom is 0.252 e. The number of carbonyl (C=O) groups is 1. The Hall–Kier alpha value is -1.95. The Morgan fingerprint density at radius 3 is 2.70 bits per heavy atom. The van der Waals surface area contributed by atoms with Gasteiger partial charge in [0.25, 0.3) is 11.8 Å². The number of aryl methyl sites for hydroxylation is 1. The topological polar surface area (TPSA) is 68.0 Å². The predicted octanol–water partition coefficient (Wildman–Crippen LogP) is 3.76. The van der Waals surface area contributed by atoms with Gasteiger partial charge in [0.1, 0.15) is 11.4 Å². The lowest BCUT2D eigenvalue weighted by atomic mass is 9.81. The van der Waals surface area contributed by atoms with Crippen molar-refractivity contribution in [3.63, 3.8) is 0 Å². The molecule has 0 atom stereocenters. The molecule has 0 aliphatic heterocycles. The molecule has 0 unspecified atom stereocenters. The largest absolute Gasteiger partial charge is 0.338 e. The fourth-order valence-electron chi connectivity index (χ4n) is 2.97. The zero-order chi connectivity index (χ0) is 16.4. The van der Waals surface area contributed by atoms with Crippen molar-refractivity contribution in [1.29, 1.82) is 0 Å². The van der Waals surface area contributed by atoms with Gasteiger partial charge >= 0.3 is 0 Å². The van der Waals surface area contributed by atoms with Gasteiger partial charge in [-0.2, -0.15) is 4.98 Å². The summed E-state index contributed by atoms with van der Waals surface area (Å²) < 4.78 is 18.6. The number of hydrogen-bond acceptors (Lipinski definition) is 4. The van der Waals surface area contributed by atoms with Gasteiger partial charge in [0.05, 0.1) is 5.02 Å². The summed E-state index contributed by atoms with van der Waals surface area (Å²) in [5.74, 6) is 0.0769. The first kappa shape index (κ1) is 15.9. The van der Waals surface area contributed by atoms with E-state index in [9.17, 15) is 9.18 Å². The Morgan fingerprint density at radius 2 is 2.09 bits per heavy atom. The summed E-state index contributed by atoms with van der Waals surface area (Å²) in [5.41, 5.74) is -0.366. The molecule has 1 amide bonds. The molecule has 1 aliphatic carbocycles. The Balaban J connectivity index is 1.89. The third kappa shape index (κ3) is 3.22. The third-order valence-corrected chi connectivity index (χ3v) is 4.47. The summed E-state index contributed by atoms with van der Waals surface area (Å²) in [5, 5.41) is 6.76. The molecule has 7 heteroatoms. The Labute approximate surface area is 138 Å². The third-order valence-electron chi connectivity index (χ3n) is 4.18. The molecular weight excluding hydrogens is 321 g/mol. The SMILES string of the molecule is Cc1noc(C2(NC(=O)c3ccc(F)c(Cl)c3)CCCCC2)n1. The summed E-state index contributed by atoms with van der Waals surface area (Å²) in [4.78, 5) is 16.9. The van der Waals surface area contributed by atoms with Crippen LogP contribution in [0.1, 0.15) is 54.2 Å². The van der Waals surface area contributed by atoms with E-state index in [1.807, 2.05) is 0 Å². The van der Waals surface area contributed by atoms with E-state index < -0.39 is 11.4 Å². The first-order valence-electron chi connectivity index (χ1n) is 7.58. The van der Waals surface area contributed by atoms with E-state index in [-0.39, 0.29) is 10.9 Å². The number of aromatic nitrogens is 2. The molecule has 1 aliphatic rings. The van der Waals surface area contributed by atoms with Gasteiger partial charge in [0, 0.05) is 5.56 Å². The first-order chi connectivity index (χ1) is 11.0. The summed E-state index contributed by atoms with van der Waals surface area (Å²) in [6.07, 6.45) is 4.50. The van der Waals surface area contributed by atoms with Crippen LogP contribution < -0.4 is 5.32 Å². The lowest BCUT2D eigenvalue weighted by Gasteiger charge is -2.34. The molecule has 1 fully saturated rings. The van der Waals surface area contributed by atoms with Gasteiger partial charge in [0.15, 0.2) is 5.82 Å². The molecule has 122 valence electrons. The fourth-order valence-corrected chi connectivity index (χ4v) is 3.15. The molecule has 3 rings (SSSR count). The Morgan fingerprint density at radius 1 is 1.35 bits per heavy atom. The number of halogens is 2. The van der Waals surface area contributed by atoms with Crippen molar-refractivity contribution in [2.75, 3.05) is 0 Å². The average molecular weight is 338 g/mol. The van der Waals surface area contributed by atoms with Crippen LogP contribution in [-0.4, -0.2) is 16.0 Å². The van der Waals surface area contributed by atoms with E-state index in [1.165, 1.54) is 18.2 Å². The molecule has 23 heavy (non-hydrogen) atoms. The number of benzene rings is 1. The monoisotopic (exact) mass is 337 g/mol. The van der Waals surface area contributed by atoms with Crippen LogP contribution in [0, 0.1) is 12.7 Å². The van der Waals surface area contributed by atoms with E-state index in [4.69, 9.17) is 16.1 Å². The second-order valence-corrected chi connectivity index (χ2v) is 6.28. The van der Waals surface area contributed by atoms with Gasteiger partial charge in [-0.15, -0.1) is 0 Å². The molecule has 1 N–H and O–H groups in total. The minimum atomic E-state index is -0.669. The van der Waals surface area contributed by atoms with Gasteiger partial charge in [-0.05, 0) is 38.0 Å². The first-order valence-corrected chi connectivity index (χ1v) is 7.96. The van der Waals surface area contributed by atoms with Crippen LogP contribution >= 0.6 is 11.6 Å². The van der Waals surface area contributed by atoms with Crippen molar-refractivity contribution in [1.82, 2.24) is 15.5 Å². The lowest BCUT2D eigenvalue weighted by Crippen LogP contribution is -2.47. The van der Waals surface area contributed by atoms with Crippen LogP contribution in [0.4, 0.5) is 4.39 Å². The summed E-state index contributed by atoms with van der Waals surface area (Å²) >= 11 is 5.76. The molecule has 0 spiro atoms. The quantitative estimate of drug-likeness (QED) is 0.926. The number of rotatable bonds is 3. The van der Waals surface area contributed by atoms with Crippen molar-refractivity contribution < 1.29 is 13.7 Å². The molecular formula is C16H17ClFN3O2. The normalized spacial score (nSPS) is 17.0. The van der Waals surface area contributed by atoms with E-state index in [0.717, 1.165) is 32.1 Å². The van der Waals surface area contributed by atoms with Gasteiger partial charge in [-0.25, -0.2) is 4.39 Å². The smallest absolute Gasteiger partial charge is 0.252 e. The van der Waals surface area contributed by atoms with Crippen LogP contribution in [0.25, 0.3) is 0 Å². The van der Waals surface area contributed by atoms with Gasteiger partial charge in [-0.1, -0.05) is 36.0 Å². The molecule has 0 radical (unpaired) electrons. The van der Waals surface area contributed by atoms with Crippen LogP contribution in [-0.2, 0) is 5.54 Å². The molecule has 0 saturated heterocycles. The van der Waals surface area contributed by atoms with Crippen LogP contribution in [0.3, 0.4) is 0 Å². The van der Waals surface area contributed by atoms with Crippen molar-refractivity contribution in [3.05, 3.63) is 46.3 Å². The number of hydrogen-bond donors (Lipinski definition) is 1. The highest BCUT2D eigenvalue weighted by Crippen LogP contribution is 2.36. The Bertz CT molecular complexity index is 726. The zero-order valence-electron chi connectivity index (χ0n) is 12.7. The average Bonchev–Trinajstić information content (AvgIpc) is 2.98. The second-order valence-electron chi connectivity index (χ2n) is 5.87. The highest BCUT2D eigenvalue weighted by atomic mass is 35.5. The summed E-state index contributed by atoms with van der Waals surface area (Å²) in [6, 6.07) is 3.91. The van der Waals surface area contributed by atoms with Gasteiger partial charge < -0.3 is 9.84 Å². The van der Waals surface area contributed by atoms with E-state index in [0.29, 0.717) is 17.3 Å². The molecule has 1 heterocycles. The number of nitrogens with one attached hydrogen (secondary N) is 1. The predicted molar refractivity (Wildman–Crippen MR) is 82.7 cm³/mol. The second kappa shape index (κ2) is 6.28. The number of nitrogens with zero attached hydrogens (tertiary/aromatic N) is 2. The lowest BCUT2D eigenvalue weighted by molar-refractivity contribution is 0.0824. The molecule has 2 aromatic rings. The number of amides is 1. The minimum absolute atomic E-state index is 0.0796. The Kier molecular flexibility index (Phi) is 4.35. The maximum absolute atomic E-state index is 13.3. The van der Waals surface area contributed by atoms with Crippen LogP contribution in [0.2, 0.25) is 5.02 Å². The highest BCUT2D eigenvalue weighted by molar-refractivity contribution is 6.31. The maximum atomic E-state index is 13.3. The molecule has 1 aromatic carbocycles. The minimum Gasteiger partial charge on any atom is -0.338 e. The molecule has 1 saturated carbocycles. The van der Waals surface area contributed by atoms with Gasteiger partial charge in [-0.3, -0.25) is 4.79 Å². The molecule has 0 bridgehead atoms.